The minimum atomic E-state index is -0.408. The number of rotatable bonds is 6. The van der Waals surface area contributed by atoms with Crippen molar-refractivity contribution in [2.75, 3.05) is 55.3 Å². The maximum absolute atomic E-state index is 12.9. The summed E-state index contributed by atoms with van der Waals surface area (Å²) in [6, 6.07) is 13.5. The highest BCUT2D eigenvalue weighted by Gasteiger charge is 2.23. The van der Waals surface area contributed by atoms with Crippen molar-refractivity contribution < 1.29 is 19.1 Å². The van der Waals surface area contributed by atoms with Gasteiger partial charge in [-0.2, -0.15) is 0 Å². The van der Waals surface area contributed by atoms with Crippen LogP contribution in [0.3, 0.4) is 0 Å². The Hall–Kier alpha value is -3.89. The van der Waals surface area contributed by atoms with Crippen molar-refractivity contribution in [1.82, 2.24) is 14.8 Å². The molecule has 0 saturated carbocycles. The number of amides is 4. The average molecular weight is 525 g/mol. The normalized spacial score (nSPS) is 13.8. The number of fused-ring (bicyclic) bond motifs is 1. The minimum Gasteiger partial charge on any atom is -0.450 e. The number of urea groups is 1. The Kier molecular flexibility index (Phi) is 8.42. The van der Waals surface area contributed by atoms with Gasteiger partial charge in [-0.25, -0.2) is 9.59 Å². The zero-order valence-electron chi connectivity index (χ0n) is 20.7. The molecule has 0 bridgehead atoms. The Labute approximate surface area is 219 Å². The van der Waals surface area contributed by atoms with Crippen molar-refractivity contribution in [2.45, 2.75) is 13.8 Å². The van der Waals surface area contributed by atoms with E-state index < -0.39 is 6.03 Å². The first-order valence-corrected chi connectivity index (χ1v) is 12.4. The summed E-state index contributed by atoms with van der Waals surface area (Å²) < 4.78 is 5.04. The summed E-state index contributed by atoms with van der Waals surface area (Å²) in [4.78, 5) is 45.4. The summed E-state index contributed by atoms with van der Waals surface area (Å²) >= 11 is 5.89. The largest absolute Gasteiger partial charge is 0.450 e. The molecule has 1 aromatic heterocycles. The van der Waals surface area contributed by atoms with Gasteiger partial charge in [0.25, 0.3) is 0 Å². The fraction of sp³-hybridized carbons (Fsp3) is 0.308. The molecule has 3 aromatic rings. The second-order valence-corrected chi connectivity index (χ2v) is 9.08. The van der Waals surface area contributed by atoms with Crippen LogP contribution in [0.15, 0.2) is 48.5 Å². The average Bonchev–Trinajstić information content (AvgIpc) is 2.86. The topological polar surface area (TPSA) is 116 Å². The number of hydrogen-bond donors (Lipinski definition) is 3. The van der Waals surface area contributed by atoms with E-state index in [9.17, 15) is 14.4 Å². The van der Waals surface area contributed by atoms with Crippen molar-refractivity contribution in [1.29, 1.82) is 0 Å². The molecule has 4 amide bonds. The van der Waals surface area contributed by atoms with Crippen LogP contribution in [0.2, 0.25) is 5.02 Å². The molecule has 2 heterocycles. The summed E-state index contributed by atoms with van der Waals surface area (Å²) in [7, 11) is 0. The van der Waals surface area contributed by atoms with Crippen LogP contribution in [0.4, 0.5) is 26.7 Å². The van der Waals surface area contributed by atoms with E-state index in [0.717, 1.165) is 5.69 Å². The molecule has 37 heavy (non-hydrogen) atoms. The van der Waals surface area contributed by atoms with Gasteiger partial charge >= 0.3 is 12.1 Å². The molecule has 0 radical (unpaired) electrons. The van der Waals surface area contributed by atoms with Crippen LogP contribution >= 0.6 is 11.6 Å². The summed E-state index contributed by atoms with van der Waals surface area (Å²) in [6.45, 7) is 6.35. The molecular weight excluding hydrogens is 496 g/mol. The number of nitrogens with one attached hydrogen (secondary N) is 3. The standard InChI is InChI=1S/C26H29ClN6O4/c1-3-37-26(36)33-12-10-32(11-13-33)16-24(34)31-23-14-17(2)28-22-9-8-20(15-21(22)23)30-25(35)29-19-6-4-18(27)5-7-19/h4-9,14-15H,3,10-13,16H2,1-2H3,(H,28,31,34)(H2,29,30,35). The number of hydrogen-bond acceptors (Lipinski definition) is 6. The zero-order chi connectivity index (χ0) is 26.4. The minimum absolute atomic E-state index is 0.171. The Morgan fingerprint density at radius 1 is 0.946 bits per heavy atom. The first-order valence-electron chi connectivity index (χ1n) is 12.0. The van der Waals surface area contributed by atoms with E-state index in [-0.39, 0.29) is 18.5 Å². The van der Waals surface area contributed by atoms with Crippen LogP contribution in [0, 0.1) is 6.92 Å². The van der Waals surface area contributed by atoms with E-state index in [1.54, 1.807) is 60.4 Å². The summed E-state index contributed by atoms with van der Waals surface area (Å²) in [5.74, 6) is -0.171. The van der Waals surface area contributed by atoms with Crippen LogP contribution in [0.25, 0.3) is 10.9 Å². The Bertz CT molecular complexity index is 1290. The first kappa shape index (κ1) is 26.2. The number of ether oxygens (including phenoxy) is 1. The third-order valence-electron chi connectivity index (χ3n) is 5.84. The second-order valence-electron chi connectivity index (χ2n) is 8.64. The molecule has 0 spiro atoms. The monoisotopic (exact) mass is 524 g/mol. The number of aromatic nitrogens is 1. The fourth-order valence-corrected chi connectivity index (χ4v) is 4.19. The number of anilines is 3. The molecule has 4 rings (SSSR count). The Morgan fingerprint density at radius 3 is 2.32 bits per heavy atom. The molecular formula is C26H29ClN6O4. The van der Waals surface area contributed by atoms with Gasteiger partial charge < -0.3 is 25.6 Å². The molecule has 194 valence electrons. The van der Waals surface area contributed by atoms with Gasteiger partial charge in [-0.05, 0) is 62.4 Å². The van der Waals surface area contributed by atoms with Gasteiger partial charge in [0.1, 0.15) is 0 Å². The van der Waals surface area contributed by atoms with Crippen LogP contribution in [-0.4, -0.2) is 72.1 Å². The molecule has 1 aliphatic rings. The van der Waals surface area contributed by atoms with Crippen molar-refractivity contribution in [3.8, 4) is 0 Å². The number of benzene rings is 2. The lowest BCUT2D eigenvalue weighted by Crippen LogP contribution is -2.50. The molecule has 11 heteroatoms. The Balaban J connectivity index is 1.40. The maximum atomic E-state index is 12.9. The molecule has 3 N–H and O–H groups in total. The molecule has 1 fully saturated rings. The molecule has 0 atom stereocenters. The fourth-order valence-electron chi connectivity index (χ4n) is 4.06. The van der Waals surface area contributed by atoms with Gasteiger partial charge in [-0.15, -0.1) is 0 Å². The van der Waals surface area contributed by atoms with Gasteiger partial charge in [0.05, 0.1) is 24.4 Å². The molecule has 2 aromatic carbocycles. The van der Waals surface area contributed by atoms with Crippen molar-refractivity contribution in [3.05, 3.63) is 59.2 Å². The smallest absolute Gasteiger partial charge is 0.409 e. The molecule has 1 saturated heterocycles. The lowest BCUT2D eigenvalue weighted by molar-refractivity contribution is -0.117. The number of piperazine rings is 1. The molecule has 0 aliphatic carbocycles. The van der Waals surface area contributed by atoms with E-state index in [0.29, 0.717) is 65.8 Å². The van der Waals surface area contributed by atoms with Gasteiger partial charge in [-0.3, -0.25) is 14.7 Å². The first-order chi connectivity index (χ1) is 17.8. The number of carbonyl (C=O) groups is 3. The summed E-state index contributed by atoms with van der Waals surface area (Å²) in [5.41, 5.74) is 3.22. The van der Waals surface area contributed by atoms with Gasteiger partial charge in [0, 0.05) is 53.7 Å². The number of aryl methyl sites for hydroxylation is 1. The summed E-state index contributed by atoms with van der Waals surface area (Å²) in [6.07, 6.45) is -0.323. The third kappa shape index (κ3) is 7.08. The number of halogens is 1. The zero-order valence-corrected chi connectivity index (χ0v) is 21.5. The molecule has 10 nitrogen and oxygen atoms in total. The highest BCUT2D eigenvalue weighted by atomic mass is 35.5. The number of pyridine rings is 1. The predicted molar refractivity (Wildman–Crippen MR) is 144 cm³/mol. The van der Waals surface area contributed by atoms with Crippen LogP contribution in [0.5, 0.6) is 0 Å². The highest BCUT2D eigenvalue weighted by Crippen LogP contribution is 2.27. The quantitative estimate of drug-likeness (QED) is 0.435. The van der Waals surface area contributed by atoms with E-state index in [4.69, 9.17) is 16.3 Å². The SMILES string of the molecule is CCOC(=O)N1CCN(CC(=O)Nc2cc(C)nc3ccc(NC(=O)Nc4ccc(Cl)cc4)cc23)CC1. The van der Waals surface area contributed by atoms with Crippen molar-refractivity contribution >= 4 is 57.6 Å². The third-order valence-corrected chi connectivity index (χ3v) is 6.09. The second kappa shape index (κ2) is 11.9. The highest BCUT2D eigenvalue weighted by molar-refractivity contribution is 6.30. The van der Waals surface area contributed by atoms with Crippen molar-refractivity contribution in [3.63, 3.8) is 0 Å². The van der Waals surface area contributed by atoms with Crippen molar-refractivity contribution in [2.24, 2.45) is 0 Å². The maximum Gasteiger partial charge on any atom is 0.409 e. The van der Waals surface area contributed by atoms with Gasteiger partial charge in [0.15, 0.2) is 0 Å². The lowest BCUT2D eigenvalue weighted by atomic mass is 10.1. The van der Waals surface area contributed by atoms with Crippen LogP contribution < -0.4 is 16.0 Å². The van der Waals surface area contributed by atoms with E-state index in [1.165, 1.54) is 0 Å². The summed E-state index contributed by atoms with van der Waals surface area (Å²) in [5, 5.41) is 9.83. The Morgan fingerprint density at radius 2 is 1.62 bits per heavy atom. The number of carbonyl (C=O) groups excluding carboxylic acids is 3. The molecule has 1 aliphatic heterocycles. The predicted octanol–water partition coefficient (Wildman–Crippen LogP) is 4.55. The number of nitrogens with zero attached hydrogens (tertiary/aromatic N) is 3. The molecule has 0 unspecified atom stereocenters. The van der Waals surface area contributed by atoms with E-state index in [1.807, 2.05) is 11.8 Å². The van der Waals surface area contributed by atoms with Crippen LogP contribution in [-0.2, 0) is 9.53 Å². The van der Waals surface area contributed by atoms with Crippen LogP contribution in [0.1, 0.15) is 12.6 Å². The van der Waals surface area contributed by atoms with E-state index >= 15 is 0 Å². The van der Waals surface area contributed by atoms with E-state index in [2.05, 4.69) is 20.9 Å². The lowest BCUT2D eigenvalue weighted by Gasteiger charge is -2.33. The van der Waals surface area contributed by atoms with Gasteiger partial charge in [-0.1, -0.05) is 11.6 Å². The van der Waals surface area contributed by atoms with Gasteiger partial charge in [0.2, 0.25) is 5.91 Å².